The number of rotatable bonds is 4. The first-order valence-corrected chi connectivity index (χ1v) is 5.68. The lowest BCUT2D eigenvalue weighted by Gasteiger charge is -2.13. The van der Waals surface area contributed by atoms with Crippen molar-refractivity contribution in [2.75, 3.05) is 12.8 Å². The number of hydrogen-bond acceptors (Lipinski definition) is 4. The summed E-state index contributed by atoms with van der Waals surface area (Å²) in [5.41, 5.74) is 8.22. The fraction of sp³-hybridized carbons (Fsp3) is 0.214. The highest BCUT2D eigenvalue weighted by Crippen LogP contribution is 2.25. The molecular weight excluding hydrogens is 228 g/mol. The van der Waals surface area contributed by atoms with Crippen molar-refractivity contribution in [1.82, 2.24) is 4.98 Å². The first kappa shape index (κ1) is 12.5. The lowest BCUT2D eigenvalue weighted by molar-refractivity contribution is 0.184. The van der Waals surface area contributed by atoms with E-state index in [1.165, 1.54) is 0 Å². The molecule has 1 unspecified atom stereocenters. The van der Waals surface area contributed by atoms with Gasteiger partial charge in [-0.25, -0.2) is 4.98 Å². The molecule has 0 aliphatic carbocycles. The van der Waals surface area contributed by atoms with Gasteiger partial charge in [0.15, 0.2) is 0 Å². The van der Waals surface area contributed by atoms with Crippen LogP contribution >= 0.6 is 0 Å². The Hall–Kier alpha value is -1.91. The Labute approximate surface area is 106 Å². The lowest BCUT2D eigenvalue weighted by atomic mass is 10.0. The molecule has 1 atom stereocenters. The van der Waals surface area contributed by atoms with Crippen LogP contribution in [-0.2, 0) is 11.3 Å². The molecule has 94 valence electrons. The van der Waals surface area contributed by atoms with Crippen LogP contribution in [-0.4, -0.2) is 17.2 Å². The van der Waals surface area contributed by atoms with Gasteiger partial charge in [-0.3, -0.25) is 0 Å². The highest BCUT2D eigenvalue weighted by molar-refractivity contribution is 5.44. The molecule has 4 heteroatoms. The predicted octanol–water partition coefficient (Wildman–Crippen LogP) is 1.89. The summed E-state index contributed by atoms with van der Waals surface area (Å²) in [5, 5.41) is 10.2. The summed E-state index contributed by atoms with van der Waals surface area (Å²) in [7, 11) is 1.65. The van der Waals surface area contributed by atoms with E-state index in [0.29, 0.717) is 18.0 Å². The number of pyridine rings is 1. The topological polar surface area (TPSA) is 68.4 Å². The molecule has 2 aromatic rings. The molecule has 0 bridgehead atoms. The molecule has 18 heavy (non-hydrogen) atoms. The Morgan fingerprint density at radius 2 is 2.00 bits per heavy atom. The van der Waals surface area contributed by atoms with Gasteiger partial charge in [0, 0.05) is 18.9 Å². The predicted molar refractivity (Wildman–Crippen MR) is 69.9 cm³/mol. The van der Waals surface area contributed by atoms with Gasteiger partial charge in [-0.05, 0) is 17.2 Å². The van der Waals surface area contributed by atoms with E-state index in [1.807, 2.05) is 24.3 Å². The van der Waals surface area contributed by atoms with Crippen molar-refractivity contribution in [2.24, 2.45) is 0 Å². The van der Waals surface area contributed by atoms with E-state index in [9.17, 15) is 5.11 Å². The van der Waals surface area contributed by atoms with Gasteiger partial charge in [0.25, 0.3) is 0 Å². The maximum atomic E-state index is 10.2. The molecule has 0 aliphatic rings. The Bertz CT molecular complexity index is 511. The average molecular weight is 244 g/mol. The second-order valence-electron chi connectivity index (χ2n) is 4.06. The Balaban J connectivity index is 2.23. The summed E-state index contributed by atoms with van der Waals surface area (Å²) in [4.78, 5) is 3.97. The monoisotopic (exact) mass is 244 g/mol. The summed E-state index contributed by atoms with van der Waals surface area (Å²) in [6.07, 6.45) is 0.850. The van der Waals surface area contributed by atoms with Crippen LogP contribution < -0.4 is 5.73 Å². The molecule has 0 saturated heterocycles. The molecule has 0 fully saturated rings. The third kappa shape index (κ3) is 2.67. The third-order valence-electron chi connectivity index (χ3n) is 2.77. The van der Waals surface area contributed by atoms with E-state index in [-0.39, 0.29) is 0 Å². The molecule has 4 nitrogen and oxygen atoms in total. The Morgan fingerprint density at radius 1 is 1.28 bits per heavy atom. The zero-order chi connectivity index (χ0) is 13.0. The van der Waals surface area contributed by atoms with Crippen molar-refractivity contribution in [3.8, 4) is 0 Å². The average Bonchev–Trinajstić information content (AvgIpc) is 2.40. The van der Waals surface area contributed by atoms with Crippen LogP contribution in [0.25, 0.3) is 0 Å². The van der Waals surface area contributed by atoms with Crippen molar-refractivity contribution in [1.29, 1.82) is 0 Å². The zero-order valence-electron chi connectivity index (χ0n) is 10.2. The third-order valence-corrected chi connectivity index (χ3v) is 2.77. The van der Waals surface area contributed by atoms with E-state index < -0.39 is 6.10 Å². The van der Waals surface area contributed by atoms with Crippen LogP contribution in [0.3, 0.4) is 0 Å². The molecule has 0 radical (unpaired) electrons. The van der Waals surface area contributed by atoms with E-state index in [4.69, 9.17) is 10.5 Å². The highest BCUT2D eigenvalue weighted by atomic mass is 16.5. The van der Waals surface area contributed by atoms with Crippen LogP contribution in [0.15, 0.2) is 42.6 Å². The van der Waals surface area contributed by atoms with Gasteiger partial charge in [-0.15, -0.1) is 0 Å². The summed E-state index contributed by atoms with van der Waals surface area (Å²) in [6.45, 7) is 0.561. The minimum Gasteiger partial charge on any atom is -0.384 e. The number of benzene rings is 1. The molecule has 0 amide bonds. The first-order chi connectivity index (χ1) is 8.72. The van der Waals surface area contributed by atoms with Gasteiger partial charge in [0.1, 0.15) is 11.9 Å². The Morgan fingerprint density at radius 3 is 2.61 bits per heavy atom. The highest BCUT2D eigenvalue weighted by Gasteiger charge is 2.13. The normalized spacial score (nSPS) is 12.3. The smallest absolute Gasteiger partial charge is 0.129 e. The SMILES string of the molecule is COCc1ccc(C(O)c2cccnc2N)cc1. The van der Waals surface area contributed by atoms with Crippen molar-refractivity contribution in [3.63, 3.8) is 0 Å². The molecule has 1 heterocycles. The van der Waals surface area contributed by atoms with Crippen LogP contribution in [0.2, 0.25) is 0 Å². The number of aromatic nitrogens is 1. The first-order valence-electron chi connectivity index (χ1n) is 5.68. The lowest BCUT2D eigenvalue weighted by Crippen LogP contribution is -2.05. The molecule has 2 rings (SSSR count). The maximum absolute atomic E-state index is 10.2. The number of nitrogens with two attached hydrogens (primary N) is 1. The number of aliphatic hydroxyl groups is 1. The Kier molecular flexibility index (Phi) is 3.92. The summed E-state index contributed by atoms with van der Waals surface area (Å²) in [5.74, 6) is 0.353. The number of nitrogens with zero attached hydrogens (tertiary/aromatic N) is 1. The van der Waals surface area contributed by atoms with Crippen LogP contribution in [0, 0.1) is 0 Å². The van der Waals surface area contributed by atoms with Crippen LogP contribution in [0.4, 0.5) is 5.82 Å². The van der Waals surface area contributed by atoms with Crippen LogP contribution in [0.1, 0.15) is 22.8 Å². The summed E-state index contributed by atoms with van der Waals surface area (Å²) < 4.78 is 5.04. The van der Waals surface area contributed by atoms with Gasteiger partial charge < -0.3 is 15.6 Å². The largest absolute Gasteiger partial charge is 0.384 e. The van der Waals surface area contributed by atoms with E-state index in [1.54, 1.807) is 25.4 Å². The summed E-state index contributed by atoms with van der Waals surface area (Å²) in [6, 6.07) is 11.1. The van der Waals surface area contributed by atoms with E-state index >= 15 is 0 Å². The molecule has 1 aromatic heterocycles. The van der Waals surface area contributed by atoms with Gasteiger partial charge >= 0.3 is 0 Å². The molecule has 0 aliphatic heterocycles. The van der Waals surface area contributed by atoms with Crippen molar-refractivity contribution in [2.45, 2.75) is 12.7 Å². The molecule has 0 spiro atoms. The fourth-order valence-electron chi connectivity index (χ4n) is 1.80. The zero-order valence-corrected chi connectivity index (χ0v) is 10.2. The van der Waals surface area contributed by atoms with Gasteiger partial charge in [-0.2, -0.15) is 0 Å². The number of nitrogen functional groups attached to an aromatic ring is 1. The van der Waals surface area contributed by atoms with E-state index in [2.05, 4.69) is 4.98 Å². The standard InChI is InChI=1S/C14H16N2O2/c1-18-9-10-4-6-11(7-5-10)13(17)12-3-2-8-16-14(12)15/h2-8,13,17H,9H2,1H3,(H2,15,16). The number of aliphatic hydroxyl groups excluding tert-OH is 1. The van der Waals surface area contributed by atoms with Crippen molar-refractivity contribution in [3.05, 3.63) is 59.3 Å². The minimum absolute atomic E-state index is 0.353. The van der Waals surface area contributed by atoms with Crippen molar-refractivity contribution >= 4 is 5.82 Å². The molecule has 0 saturated carbocycles. The van der Waals surface area contributed by atoms with E-state index in [0.717, 1.165) is 11.1 Å². The number of ether oxygens (including phenoxy) is 1. The van der Waals surface area contributed by atoms with Crippen LogP contribution in [0.5, 0.6) is 0 Å². The van der Waals surface area contributed by atoms with Gasteiger partial charge in [0.05, 0.1) is 6.61 Å². The van der Waals surface area contributed by atoms with Gasteiger partial charge in [0.2, 0.25) is 0 Å². The number of methoxy groups -OCH3 is 1. The fourth-order valence-corrected chi connectivity index (χ4v) is 1.80. The molecule has 1 aromatic carbocycles. The second kappa shape index (κ2) is 5.62. The molecule has 3 N–H and O–H groups in total. The number of anilines is 1. The quantitative estimate of drug-likeness (QED) is 0.861. The maximum Gasteiger partial charge on any atom is 0.129 e. The van der Waals surface area contributed by atoms with Crippen molar-refractivity contribution < 1.29 is 9.84 Å². The minimum atomic E-state index is -0.754. The number of hydrogen-bond donors (Lipinski definition) is 2. The second-order valence-corrected chi connectivity index (χ2v) is 4.06. The molecular formula is C14H16N2O2. The summed E-state index contributed by atoms with van der Waals surface area (Å²) >= 11 is 0. The van der Waals surface area contributed by atoms with Gasteiger partial charge in [-0.1, -0.05) is 30.3 Å².